The van der Waals surface area contributed by atoms with E-state index in [1.807, 2.05) is 0 Å². The molecule has 0 rings (SSSR count). The summed E-state index contributed by atoms with van der Waals surface area (Å²) in [5.74, 6) is 0. The third-order valence-corrected chi connectivity index (χ3v) is 5.10. The van der Waals surface area contributed by atoms with Gasteiger partial charge in [0.25, 0.3) is 0 Å². The van der Waals surface area contributed by atoms with Gasteiger partial charge in [-0.15, -0.1) is 0 Å². The van der Waals surface area contributed by atoms with Crippen molar-refractivity contribution in [3.05, 3.63) is 0 Å². The molecule has 1 heteroatoms. The van der Waals surface area contributed by atoms with E-state index < -0.39 is 0 Å². The van der Waals surface area contributed by atoms with E-state index in [9.17, 15) is 0 Å². The number of unbranched alkanes of at least 4 members (excludes halogenated alkanes) is 12. The van der Waals surface area contributed by atoms with Crippen LogP contribution in [0.2, 0.25) is 0 Å². The normalized spacial score (nSPS) is 11.1. The van der Waals surface area contributed by atoms with Crippen LogP contribution in [0.4, 0.5) is 0 Å². The van der Waals surface area contributed by atoms with Crippen LogP contribution in [0, 0.1) is 0 Å². The van der Waals surface area contributed by atoms with Crippen molar-refractivity contribution >= 4 is 8.58 Å². The van der Waals surface area contributed by atoms with Crippen LogP contribution in [0.5, 0.6) is 0 Å². The van der Waals surface area contributed by atoms with Crippen LogP contribution in [0.1, 0.15) is 104 Å². The Morgan fingerprint density at radius 2 is 0.737 bits per heavy atom. The van der Waals surface area contributed by atoms with Crippen LogP contribution in [0.25, 0.3) is 0 Å². The molecule has 0 spiro atoms. The first-order chi connectivity index (χ1) is 9.41. The minimum Gasteiger partial charge on any atom is -0.0810 e. The van der Waals surface area contributed by atoms with Gasteiger partial charge in [-0.1, -0.05) is 99.5 Å². The van der Waals surface area contributed by atoms with Gasteiger partial charge in [-0.2, -0.15) is 0 Å². The second-order valence-corrected chi connectivity index (χ2v) is 7.26. The molecular formula is C18H38P. The van der Waals surface area contributed by atoms with Gasteiger partial charge < -0.3 is 0 Å². The van der Waals surface area contributed by atoms with Crippen LogP contribution in [0.3, 0.4) is 0 Å². The van der Waals surface area contributed by atoms with E-state index in [0.717, 1.165) is 0 Å². The van der Waals surface area contributed by atoms with Gasteiger partial charge >= 0.3 is 0 Å². The first-order valence-corrected chi connectivity index (χ1v) is 10.3. The van der Waals surface area contributed by atoms with E-state index in [4.69, 9.17) is 0 Å². The molecular weight excluding hydrogens is 247 g/mol. The minimum atomic E-state index is 1.37. The molecule has 115 valence electrons. The average Bonchev–Trinajstić information content (AvgIpc) is 2.43. The highest BCUT2D eigenvalue weighted by Crippen LogP contribution is 2.18. The van der Waals surface area contributed by atoms with Gasteiger partial charge in [-0.3, -0.25) is 0 Å². The maximum absolute atomic E-state index is 2.29. The number of hydrogen-bond acceptors (Lipinski definition) is 0. The SMILES string of the molecule is CCCCCCCCC[P]CCCCCCCCC. The Kier molecular flexibility index (Phi) is 18.8. The van der Waals surface area contributed by atoms with E-state index >= 15 is 0 Å². The zero-order chi connectivity index (χ0) is 14.0. The van der Waals surface area contributed by atoms with Crippen molar-refractivity contribution in [2.24, 2.45) is 0 Å². The molecule has 0 unspecified atom stereocenters. The van der Waals surface area contributed by atoms with E-state index in [1.165, 1.54) is 102 Å². The molecule has 0 aromatic carbocycles. The van der Waals surface area contributed by atoms with Crippen molar-refractivity contribution in [1.29, 1.82) is 0 Å². The molecule has 0 N–H and O–H groups in total. The lowest BCUT2D eigenvalue weighted by Gasteiger charge is -2.03. The van der Waals surface area contributed by atoms with Gasteiger partial charge in [-0.25, -0.2) is 0 Å². The predicted octanol–water partition coefficient (Wildman–Crippen LogP) is 7.43. The molecule has 0 aliphatic heterocycles. The van der Waals surface area contributed by atoms with Crippen LogP contribution < -0.4 is 0 Å². The Morgan fingerprint density at radius 3 is 1.11 bits per heavy atom. The van der Waals surface area contributed by atoms with Gasteiger partial charge in [0.05, 0.1) is 0 Å². The fourth-order valence-electron chi connectivity index (χ4n) is 2.47. The Balaban J connectivity index is 2.88. The van der Waals surface area contributed by atoms with Crippen molar-refractivity contribution in [1.82, 2.24) is 0 Å². The highest BCUT2D eigenvalue weighted by Gasteiger charge is 1.94. The van der Waals surface area contributed by atoms with Crippen molar-refractivity contribution in [3.63, 3.8) is 0 Å². The molecule has 0 aromatic rings. The molecule has 19 heavy (non-hydrogen) atoms. The predicted molar refractivity (Wildman–Crippen MR) is 92.6 cm³/mol. The largest absolute Gasteiger partial charge is 0.0810 e. The molecule has 0 fully saturated rings. The monoisotopic (exact) mass is 285 g/mol. The number of hydrogen-bond donors (Lipinski definition) is 0. The standard InChI is InChI=1S/C18H38P/c1-3-5-7-9-11-13-15-17-19-18-16-14-12-10-8-6-4-2/h3-18H2,1-2H3. The molecule has 0 saturated carbocycles. The van der Waals surface area contributed by atoms with Gasteiger partial charge in [-0.05, 0) is 25.2 Å². The molecule has 0 nitrogen and oxygen atoms in total. The van der Waals surface area contributed by atoms with Crippen LogP contribution >= 0.6 is 8.58 Å². The van der Waals surface area contributed by atoms with Gasteiger partial charge in [0, 0.05) is 0 Å². The van der Waals surface area contributed by atoms with Gasteiger partial charge in [0.1, 0.15) is 0 Å². The lowest BCUT2D eigenvalue weighted by atomic mass is 10.1. The zero-order valence-electron chi connectivity index (χ0n) is 13.8. The van der Waals surface area contributed by atoms with Gasteiger partial charge in [0.2, 0.25) is 0 Å². The Bertz CT molecular complexity index is 129. The summed E-state index contributed by atoms with van der Waals surface area (Å²) in [5.41, 5.74) is 0. The second-order valence-electron chi connectivity index (χ2n) is 5.91. The molecule has 0 aliphatic carbocycles. The zero-order valence-corrected chi connectivity index (χ0v) is 14.7. The van der Waals surface area contributed by atoms with Crippen LogP contribution in [-0.2, 0) is 0 Å². The summed E-state index contributed by atoms with van der Waals surface area (Å²) in [6.07, 6.45) is 23.3. The molecule has 1 radical (unpaired) electrons. The molecule has 0 amide bonds. The fraction of sp³-hybridized carbons (Fsp3) is 1.00. The Morgan fingerprint density at radius 1 is 0.421 bits per heavy atom. The lowest BCUT2D eigenvalue weighted by Crippen LogP contribution is -1.85. The summed E-state index contributed by atoms with van der Waals surface area (Å²) in [4.78, 5) is 0. The van der Waals surface area contributed by atoms with Crippen molar-refractivity contribution in [2.75, 3.05) is 12.3 Å². The molecule has 0 heterocycles. The first-order valence-electron chi connectivity index (χ1n) is 9.05. The summed E-state index contributed by atoms with van der Waals surface area (Å²) in [7, 11) is 1.72. The quantitative estimate of drug-likeness (QED) is 0.204. The highest BCUT2D eigenvalue weighted by atomic mass is 31.1. The van der Waals surface area contributed by atoms with E-state index in [2.05, 4.69) is 13.8 Å². The molecule has 0 bridgehead atoms. The summed E-state index contributed by atoms with van der Waals surface area (Å²) in [6, 6.07) is 0. The van der Waals surface area contributed by atoms with Crippen LogP contribution in [0.15, 0.2) is 0 Å². The maximum Gasteiger partial charge on any atom is -0.0287 e. The minimum absolute atomic E-state index is 1.37. The first kappa shape index (κ1) is 19.4. The summed E-state index contributed by atoms with van der Waals surface area (Å²) < 4.78 is 0. The van der Waals surface area contributed by atoms with Crippen LogP contribution in [-0.4, -0.2) is 12.3 Å². The average molecular weight is 285 g/mol. The van der Waals surface area contributed by atoms with Crippen molar-refractivity contribution in [2.45, 2.75) is 104 Å². The third-order valence-electron chi connectivity index (χ3n) is 3.84. The van der Waals surface area contributed by atoms with Crippen molar-refractivity contribution < 1.29 is 0 Å². The summed E-state index contributed by atoms with van der Waals surface area (Å²) in [5, 5.41) is 0. The molecule has 0 aliphatic rings. The van der Waals surface area contributed by atoms with E-state index in [1.54, 1.807) is 8.58 Å². The summed E-state index contributed by atoms with van der Waals surface area (Å²) >= 11 is 0. The smallest absolute Gasteiger partial charge is 0.0287 e. The van der Waals surface area contributed by atoms with Gasteiger partial charge in [0.15, 0.2) is 0 Å². The topological polar surface area (TPSA) is 0 Å². The maximum atomic E-state index is 2.29. The Hall–Kier alpha value is 0.430. The third kappa shape index (κ3) is 18.4. The summed E-state index contributed by atoms with van der Waals surface area (Å²) in [6.45, 7) is 4.59. The molecule has 0 saturated heterocycles. The van der Waals surface area contributed by atoms with E-state index in [0.29, 0.717) is 0 Å². The van der Waals surface area contributed by atoms with Crippen molar-refractivity contribution in [3.8, 4) is 0 Å². The Labute approximate surface area is 125 Å². The van der Waals surface area contributed by atoms with E-state index in [-0.39, 0.29) is 0 Å². The molecule has 0 aromatic heterocycles. The second kappa shape index (κ2) is 18.4. The lowest BCUT2D eigenvalue weighted by molar-refractivity contribution is 0.600. The molecule has 0 atom stereocenters. The number of rotatable bonds is 16. The highest BCUT2D eigenvalue weighted by molar-refractivity contribution is 7.37. The fourth-order valence-corrected chi connectivity index (χ4v) is 3.59.